The van der Waals surface area contributed by atoms with E-state index in [0.29, 0.717) is 17.3 Å². The largest absolute Gasteiger partial charge is 0.396 e. The molecule has 1 heterocycles. The van der Waals surface area contributed by atoms with Crippen LogP contribution in [0.4, 0.5) is 0 Å². The molecule has 0 fully saturated rings. The molecule has 5 nitrogen and oxygen atoms in total. The summed E-state index contributed by atoms with van der Waals surface area (Å²) in [6.07, 6.45) is 1.59. The molecule has 0 saturated heterocycles. The van der Waals surface area contributed by atoms with Gasteiger partial charge in [0.2, 0.25) is 0 Å². The predicted octanol–water partition coefficient (Wildman–Crippen LogP) is 1.33. The first-order chi connectivity index (χ1) is 8.83. The van der Waals surface area contributed by atoms with E-state index in [4.69, 9.17) is 0 Å². The van der Waals surface area contributed by atoms with Crippen LogP contribution in [0.1, 0.15) is 41.4 Å². The number of carbonyl (C=O) groups is 1. The molecular formula is C13H22N2O3S. The van der Waals surface area contributed by atoms with Crippen LogP contribution in [0, 0.1) is 5.41 Å². The topological polar surface area (TPSA) is 73.7 Å². The van der Waals surface area contributed by atoms with E-state index in [-0.39, 0.29) is 19.1 Å². The zero-order valence-electron chi connectivity index (χ0n) is 11.9. The fourth-order valence-corrected chi connectivity index (χ4v) is 2.55. The summed E-state index contributed by atoms with van der Waals surface area (Å²) in [7, 11) is 1.67. The maximum atomic E-state index is 12.2. The van der Waals surface area contributed by atoms with Crippen LogP contribution < -0.4 is 0 Å². The van der Waals surface area contributed by atoms with Crippen LogP contribution in [0.3, 0.4) is 0 Å². The molecule has 0 aliphatic rings. The van der Waals surface area contributed by atoms with Gasteiger partial charge in [-0.1, -0.05) is 20.8 Å². The van der Waals surface area contributed by atoms with Crippen LogP contribution in [-0.4, -0.2) is 52.8 Å². The number of rotatable bonds is 6. The van der Waals surface area contributed by atoms with Crippen molar-refractivity contribution in [1.82, 2.24) is 9.88 Å². The van der Waals surface area contributed by atoms with Crippen LogP contribution in [0.5, 0.6) is 0 Å². The molecule has 19 heavy (non-hydrogen) atoms. The number of hydrogen-bond donors (Lipinski definition) is 2. The van der Waals surface area contributed by atoms with Gasteiger partial charge in [-0.05, 0) is 0 Å². The minimum absolute atomic E-state index is 0.127. The average molecular weight is 286 g/mol. The summed E-state index contributed by atoms with van der Waals surface area (Å²) in [4.78, 5) is 18.6. The van der Waals surface area contributed by atoms with Gasteiger partial charge in [0.1, 0.15) is 4.88 Å². The third-order valence-corrected chi connectivity index (χ3v) is 4.24. The quantitative estimate of drug-likeness (QED) is 0.827. The summed E-state index contributed by atoms with van der Waals surface area (Å²) < 4.78 is 0. The van der Waals surface area contributed by atoms with Crippen molar-refractivity contribution in [2.75, 3.05) is 26.8 Å². The lowest BCUT2D eigenvalue weighted by Gasteiger charge is -2.30. The average Bonchev–Trinajstić information content (AvgIpc) is 2.87. The molecule has 0 aliphatic heterocycles. The first kappa shape index (κ1) is 16.1. The third-order valence-electron chi connectivity index (χ3n) is 2.96. The van der Waals surface area contributed by atoms with Gasteiger partial charge in [0.15, 0.2) is 0 Å². The Bertz CT molecular complexity index is 427. The Morgan fingerprint density at radius 3 is 2.47 bits per heavy atom. The highest BCUT2D eigenvalue weighted by molar-refractivity contribution is 7.13. The van der Waals surface area contributed by atoms with Crippen LogP contribution in [0.25, 0.3) is 0 Å². The highest BCUT2D eigenvalue weighted by atomic mass is 32.1. The Morgan fingerprint density at radius 1 is 1.47 bits per heavy atom. The number of nitrogens with zero attached hydrogens (tertiary/aromatic N) is 2. The van der Waals surface area contributed by atoms with Crippen molar-refractivity contribution >= 4 is 17.2 Å². The van der Waals surface area contributed by atoms with Crippen molar-refractivity contribution in [2.45, 2.75) is 26.7 Å². The van der Waals surface area contributed by atoms with E-state index < -0.39 is 5.41 Å². The molecule has 0 aliphatic carbocycles. The van der Waals surface area contributed by atoms with E-state index in [2.05, 4.69) is 4.98 Å². The first-order valence-corrected chi connectivity index (χ1v) is 7.07. The molecule has 1 aromatic rings. The zero-order valence-corrected chi connectivity index (χ0v) is 12.7. The molecule has 1 rings (SSSR count). The van der Waals surface area contributed by atoms with E-state index in [0.717, 1.165) is 5.01 Å². The first-order valence-electron chi connectivity index (χ1n) is 6.26. The summed E-state index contributed by atoms with van der Waals surface area (Å²) in [5.74, 6) is 0.175. The van der Waals surface area contributed by atoms with E-state index >= 15 is 0 Å². The summed E-state index contributed by atoms with van der Waals surface area (Å²) in [6, 6.07) is 0. The van der Waals surface area contributed by atoms with Gasteiger partial charge in [-0.2, -0.15) is 0 Å². The highest BCUT2D eigenvalue weighted by Gasteiger charge is 2.27. The molecule has 0 spiro atoms. The van der Waals surface area contributed by atoms with Crippen molar-refractivity contribution in [3.05, 3.63) is 16.1 Å². The smallest absolute Gasteiger partial charge is 0.265 e. The van der Waals surface area contributed by atoms with Crippen molar-refractivity contribution in [1.29, 1.82) is 0 Å². The van der Waals surface area contributed by atoms with Crippen molar-refractivity contribution in [3.8, 4) is 0 Å². The molecule has 2 N–H and O–H groups in total. The van der Waals surface area contributed by atoms with E-state index in [1.165, 1.54) is 16.2 Å². The van der Waals surface area contributed by atoms with Gasteiger partial charge in [0.25, 0.3) is 5.91 Å². The molecule has 0 bridgehead atoms. The predicted molar refractivity (Wildman–Crippen MR) is 75.4 cm³/mol. The number of aliphatic hydroxyl groups is 2. The summed E-state index contributed by atoms with van der Waals surface area (Å²) in [5, 5.41) is 19.4. The summed E-state index contributed by atoms with van der Waals surface area (Å²) in [6.45, 7) is 5.77. The second-order valence-corrected chi connectivity index (χ2v) is 6.57. The van der Waals surface area contributed by atoms with Crippen LogP contribution in [-0.2, 0) is 0 Å². The Morgan fingerprint density at radius 2 is 2.05 bits per heavy atom. The van der Waals surface area contributed by atoms with Gasteiger partial charge < -0.3 is 15.1 Å². The standard InChI is InChI=1S/C13H22N2O3S/c1-9(2)11-14-5-10(19-11)12(18)15(4)6-13(3,7-16)8-17/h5,9,16-17H,6-8H2,1-4H3. The lowest BCUT2D eigenvalue weighted by molar-refractivity contribution is 0.0368. The van der Waals surface area contributed by atoms with Gasteiger partial charge in [-0.15, -0.1) is 11.3 Å². The monoisotopic (exact) mass is 286 g/mol. The second-order valence-electron chi connectivity index (χ2n) is 5.51. The molecule has 6 heteroatoms. The van der Waals surface area contributed by atoms with Crippen molar-refractivity contribution in [3.63, 3.8) is 0 Å². The number of aliphatic hydroxyl groups excluding tert-OH is 2. The minimum atomic E-state index is -0.685. The van der Waals surface area contributed by atoms with Crippen LogP contribution >= 0.6 is 11.3 Å². The molecular weight excluding hydrogens is 264 g/mol. The van der Waals surface area contributed by atoms with E-state index in [1.807, 2.05) is 13.8 Å². The Balaban J connectivity index is 2.76. The molecule has 0 radical (unpaired) electrons. The van der Waals surface area contributed by atoms with Crippen LogP contribution in [0.15, 0.2) is 6.20 Å². The molecule has 1 amide bonds. The zero-order chi connectivity index (χ0) is 14.6. The van der Waals surface area contributed by atoms with Gasteiger partial charge in [-0.25, -0.2) is 4.98 Å². The molecule has 0 saturated carbocycles. The molecule has 108 valence electrons. The number of aromatic nitrogens is 1. The minimum Gasteiger partial charge on any atom is -0.396 e. The maximum absolute atomic E-state index is 12.2. The number of amides is 1. The third kappa shape index (κ3) is 3.99. The fraction of sp³-hybridized carbons (Fsp3) is 0.692. The molecule has 0 aromatic carbocycles. The normalized spacial score (nSPS) is 11.9. The number of hydrogen-bond acceptors (Lipinski definition) is 5. The lowest BCUT2D eigenvalue weighted by atomic mass is 9.92. The van der Waals surface area contributed by atoms with Gasteiger partial charge in [-0.3, -0.25) is 4.79 Å². The molecule has 1 aromatic heterocycles. The number of thiazole rings is 1. The van der Waals surface area contributed by atoms with E-state index in [1.54, 1.807) is 20.2 Å². The molecule has 0 unspecified atom stereocenters. The Labute approximate surface area is 117 Å². The van der Waals surface area contributed by atoms with Gasteiger partial charge in [0.05, 0.1) is 24.4 Å². The van der Waals surface area contributed by atoms with Crippen molar-refractivity contribution < 1.29 is 15.0 Å². The Kier molecular flexibility index (Phi) is 5.46. The fourth-order valence-electron chi connectivity index (χ4n) is 1.64. The van der Waals surface area contributed by atoms with Crippen LogP contribution in [0.2, 0.25) is 0 Å². The SMILES string of the molecule is CC(C)c1ncc(C(=O)N(C)CC(C)(CO)CO)s1. The number of carbonyl (C=O) groups excluding carboxylic acids is 1. The molecule has 0 atom stereocenters. The second kappa shape index (κ2) is 6.45. The van der Waals surface area contributed by atoms with Gasteiger partial charge >= 0.3 is 0 Å². The lowest BCUT2D eigenvalue weighted by Crippen LogP contribution is -2.41. The maximum Gasteiger partial charge on any atom is 0.265 e. The summed E-state index contributed by atoms with van der Waals surface area (Å²) in [5.41, 5.74) is -0.685. The van der Waals surface area contributed by atoms with Crippen molar-refractivity contribution in [2.24, 2.45) is 5.41 Å². The Hall–Kier alpha value is -0.980. The van der Waals surface area contributed by atoms with Gasteiger partial charge in [0, 0.05) is 24.9 Å². The highest BCUT2D eigenvalue weighted by Crippen LogP contribution is 2.23. The summed E-state index contributed by atoms with van der Waals surface area (Å²) >= 11 is 1.39. The van der Waals surface area contributed by atoms with E-state index in [9.17, 15) is 15.0 Å².